The molecular weight excluding hydrogens is 536 g/mol. The van der Waals surface area contributed by atoms with Crippen molar-refractivity contribution >= 4 is 40.5 Å². The van der Waals surface area contributed by atoms with Gasteiger partial charge in [0.2, 0.25) is 11.3 Å². The minimum absolute atomic E-state index is 0.0508. The van der Waals surface area contributed by atoms with E-state index in [4.69, 9.17) is 16.3 Å². The molecule has 0 radical (unpaired) electrons. The van der Waals surface area contributed by atoms with Gasteiger partial charge in [-0.3, -0.25) is 19.1 Å². The van der Waals surface area contributed by atoms with Crippen LogP contribution in [0, 0.1) is 11.7 Å². The lowest BCUT2D eigenvalue weighted by Gasteiger charge is -2.21. The number of hydrogen-bond donors (Lipinski definition) is 2. The third kappa shape index (κ3) is 4.90. The fourth-order valence-electron chi connectivity index (χ4n) is 4.34. The zero-order valence-electron chi connectivity index (χ0n) is 19.3. The molecule has 200 valence electrons. The predicted octanol–water partition coefficient (Wildman–Crippen LogP) is 3.71. The molecule has 38 heavy (non-hydrogen) atoms. The summed E-state index contributed by atoms with van der Waals surface area (Å²) in [5.41, 5.74) is -1.37. The minimum Gasteiger partial charge on any atom is -0.405 e. The van der Waals surface area contributed by atoms with Gasteiger partial charge in [-0.15, -0.1) is 0 Å². The summed E-state index contributed by atoms with van der Waals surface area (Å²) in [6.45, 7) is -0.0508. The van der Waals surface area contributed by atoms with Crippen molar-refractivity contribution in [3.63, 3.8) is 0 Å². The Kier molecular flexibility index (Phi) is 6.51. The van der Waals surface area contributed by atoms with Crippen LogP contribution in [0.4, 0.5) is 28.2 Å². The Labute approximate surface area is 216 Å². The fourth-order valence-corrected chi connectivity index (χ4v) is 4.60. The maximum Gasteiger partial charge on any atom is 0.413 e. The molecule has 9 nitrogen and oxygen atoms in total. The van der Waals surface area contributed by atoms with Crippen LogP contribution in [0.1, 0.15) is 19.3 Å². The van der Waals surface area contributed by atoms with E-state index in [2.05, 4.69) is 4.98 Å². The maximum absolute atomic E-state index is 14.9. The number of benzene rings is 1. The Morgan fingerprint density at radius 3 is 2.55 bits per heavy atom. The van der Waals surface area contributed by atoms with E-state index in [-0.39, 0.29) is 53.4 Å². The van der Waals surface area contributed by atoms with Crippen LogP contribution >= 0.6 is 11.6 Å². The molecule has 2 N–H and O–H groups in total. The van der Waals surface area contributed by atoms with Crippen molar-refractivity contribution in [2.24, 2.45) is 5.92 Å². The first kappa shape index (κ1) is 25.9. The van der Waals surface area contributed by atoms with Crippen LogP contribution in [0.5, 0.6) is 5.75 Å². The number of amides is 2. The summed E-state index contributed by atoms with van der Waals surface area (Å²) in [6, 6.07) is 4.17. The largest absolute Gasteiger partial charge is 0.413 e. The second-order valence-corrected chi connectivity index (χ2v) is 9.46. The van der Waals surface area contributed by atoms with Gasteiger partial charge >= 0.3 is 12.3 Å². The number of anilines is 1. The quantitative estimate of drug-likeness (QED) is 0.465. The number of nitrogens with one attached hydrogen (secondary N) is 1. The second kappa shape index (κ2) is 9.55. The van der Waals surface area contributed by atoms with Gasteiger partial charge in [0.05, 0.1) is 35.7 Å². The summed E-state index contributed by atoms with van der Waals surface area (Å²) in [6.07, 6.45) is -5.82. The average molecular weight is 555 g/mol. The van der Waals surface area contributed by atoms with Gasteiger partial charge in [0.1, 0.15) is 23.4 Å². The lowest BCUT2D eigenvalue weighted by molar-refractivity contribution is -0.158. The number of pyridine rings is 2. The third-order valence-corrected chi connectivity index (χ3v) is 6.59. The van der Waals surface area contributed by atoms with Crippen LogP contribution in [0.3, 0.4) is 0 Å². The molecular formula is C24H19ClF4N4O5. The van der Waals surface area contributed by atoms with E-state index in [0.717, 1.165) is 16.8 Å². The van der Waals surface area contributed by atoms with Crippen LogP contribution in [0.15, 0.2) is 41.3 Å². The van der Waals surface area contributed by atoms with E-state index < -0.39 is 53.2 Å². The Hall–Kier alpha value is -3.71. The predicted molar refractivity (Wildman–Crippen MR) is 127 cm³/mol. The van der Waals surface area contributed by atoms with E-state index >= 15 is 0 Å². The SMILES string of the molecule is O=C(N[C@@H](C1CC1)C(F)(F)F)Oc1cn(-c2c(F)cccc2Cl)c2nc(N3C[C@@H](O)CC3=O)ccc2c1=O. The molecule has 1 saturated heterocycles. The summed E-state index contributed by atoms with van der Waals surface area (Å²) in [7, 11) is 0. The first-order valence-electron chi connectivity index (χ1n) is 11.5. The second-order valence-electron chi connectivity index (χ2n) is 9.06. The summed E-state index contributed by atoms with van der Waals surface area (Å²) < 4.78 is 61.0. The monoisotopic (exact) mass is 554 g/mol. The number of para-hydroxylation sites is 1. The fraction of sp³-hybridized carbons (Fsp3) is 0.333. The molecule has 3 aromatic rings. The highest BCUT2D eigenvalue weighted by Gasteiger charge is 2.50. The summed E-state index contributed by atoms with van der Waals surface area (Å²) in [5.74, 6) is -2.70. The smallest absolute Gasteiger partial charge is 0.405 e. The molecule has 1 aliphatic carbocycles. The summed E-state index contributed by atoms with van der Waals surface area (Å²) in [5, 5.41) is 11.3. The number of carbonyl (C=O) groups excluding carboxylic acids is 2. The number of fused-ring (bicyclic) bond motifs is 1. The van der Waals surface area contributed by atoms with Gasteiger partial charge in [-0.1, -0.05) is 17.7 Å². The van der Waals surface area contributed by atoms with Gasteiger partial charge in [-0.25, -0.2) is 14.2 Å². The van der Waals surface area contributed by atoms with Gasteiger partial charge in [0, 0.05) is 0 Å². The van der Waals surface area contributed by atoms with Crippen molar-refractivity contribution in [1.29, 1.82) is 0 Å². The van der Waals surface area contributed by atoms with Crippen molar-refractivity contribution < 1.29 is 37.0 Å². The van der Waals surface area contributed by atoms with E-state index in [9.17, 15) is 37.1 Å². The number of hydrogen-bond acceptors (Lipinski definition) is 6. The number of halogens is 5. The molecule has 3 heterocycles. The maximum atomic E-state index is 14.9. The van der Waals surface area contributed by atoms with Crippen molar-refractivity contribution in [1.82, 2.24) is 14.9 Å². The Balaban J connectivity index is 1.61. The molecule has 2 amide bonds. The number of aliphatic hydroxyl groups excluding tert-OH is 1. The molecule has 2 aromatic heterocycles. The van der Waals surface area contributed by atoms with Gasteiger partial charge < -0.3 is 15.2 Å². The first-order valence-corrected chi connectivity index (χ1v) is 11.9. The van der Waals surface area contributed by atoms with Crippen molar-refractivity contribution in [3.05, 3.63) is 57.6 Å². The van der Waals surface area contributed by atoms with Gasteiger partial charge in [-0.2, -0.15) is 13.2 Å². The standard InChI is InChI=1S/C24H19ClF4N4O5/c25-14-2-1-3-15(26)19(14)33-10-16(38-23(37)31-21(11-4-5-11)24(27,28)29)20(36)13-6-7-17(30-22(13)33)32-9-12(34)8-18(32)35/h1-3,6-7,10-12,21,34H,4-5,8-9H2,(H,31,37)/t12-,21-/m0/s1. The molecule has 2 fully saturated rings. The zero-order chi connectivity index (χ0) is 27.4. The lowest BCUT2D eigenvalue weighted by atomic mass is 10.2. The van der Waals surface area contributed by atoms with Crippen LogP contribution < -0.4 is 20.4 Å². The van der Waals surface area contributed by atoms with Gasteiger partial charge in [0.15, 0.2) is 11.4 Å². The Bertz CT molecular complexity index is 1490. The highest BCUT2D eigenvalue weighted by molar-refractivity contribution is 6.32. The molecule has 2 atom stereocenters. The lowest BCUT2D eigenvalue weighted by Crippen LogP contribution is -2.48. The average Bonchev–Trinajstić information content (AvgIpc) is 3.61. The van der Waals surface area contributed by atoms with Crippen molar-refractivity contribution in [2.45, 2.75) is 37.6 Å². The number of rotatable bonds is 5. The molecule has 2 aliphatic rings. The molecule has 5 rings (SSSR count). The Morgan fingerprint density at radius 2 is 1.95 bits per heavy atom. The molecule has 0 bridgehead atoms. The van der Waals surface area contributed by atoms with Crippen LogP contribution in [-0.2, 0) is 4.79 Å². The molecule has 1 aliphatic heterocycles. The van der Waals surface area contributed by atoms with E-state index in [1.165, 1.54) is 29.2 Å². The number of aliphatic hydroxyl groups is 1. The van der Waals surface area contributed by atoms with E-state index in [0.29, 0.717) is 0 Å². The molecule has 1 saturated carbocycles. The highest BCUT2D eigenvalue weighted by atomic mass is 35.5. The zero-order valence-corrected chi connectivity index (χ0v) is 20.1. The van der Waals surface area contributed by atoms with E-state index in [1.54, 1.807) is 5.32 Å². The van der Waals surface area contributed by atoms with Crippen LogP contribution in [-0.4, -0.2) is 51.5 Å². The summed E-state index contributed by atoms with van der Waals surface area (Å²) in [4.78, 5) is 43.3. The molecule has 14 heteroatoms. The van der Waals surface area contributed by atoms with Gasteiger partial charge in [-0.05, 0) is 43.0 Å². The van der Waals surface area contributed by atoms with Crippen molar-refractivity contribution in [2.75, 3.05) is 11.4 Å². The van der Waals surface area contributed by atoms with E-state index in [1.807, 2.05) is 0 Å². The van der Waals surface area contributed by atoms with Crippen LogP contribution in [0.2, 0.25) is 5.02 Å². The number of nitrogens with zero attached hydrogens (tertiary/aromatic N) is 3. The summed E-state index contributed by atoms with van der Waals surface area (Å²) >= 11 is 6.22. The van der Waals surface area contributed by atoms with Crippen molar-refractivity contribution in [3.8, 4) is 11.4 Å². The number of alkyl halides is 3. The number of aromatic nitrogens is 2. The molecule has 0 spiro atoms. The van der Waals surface area contributed by atoms with Crippen LogP contribution in [0.25, 0.3) is 16.7 Å². The molecule has 0 unspecified atom stereocenters. The van der Waals surface area contributed by atoms with Gasteiger partial charge in [0.25, 0.3) is 0 Å². The normalized spacial score (nSPS) is 18.6. The minimum atomic E-state index is -4.72. The number of ether oxygens (including phenoxy) is 1. The Morgan fingerprint density at radius 1 is 1.21 bits per heavy atom. The number of carbonyl (C=O) groups is 2. The first-order chi connectivity index (χ1) is 17.9. The molecule has 1 aromatic carbocycles. The highest BCUT2D eigenvalue weighted by Crippen LogP contribution is 2.40. The topological polar surface area (TPSA) is 114 Å². The number of β-amino-alcohol motifs (C(OH)–C–C–N with tert-alkyl or cyclic N) is 1. The third-order valence-electron chi connectivity index (χ3n) is 6.29.